The van der Waals surface area contributed by atoms with E-state index in [2.05, 4.69) is 15.9 Å². The summed E-state index contributed by atoms with van der Waals surface area (Å²) in [5, 5.41) is 18.7. The Kier molecular flexibility index (Phi) is 4.57. The first-order valence-electron chi connectivity index (χ1n) is 6.03. The second-order valence-electron chi connectivity index (χ2n) is 4.61. The maximum Gasteiger partial charge on any atom is 0.322 e. The van der Waals surface area contributed by atoms with Gasteiger partial charge in [-0.15, -0.1) is 0 Å². The van der Waals surface area contributed by atoms with Crippen LogP contribution >= 0.6 is 15.9 Å². The van der Waals surface area contributed by atoms with E-state index in [9.17, 15) is 18.3 Å². The van der Waals surface area contributed by atoms with E-state index in [1.165, 1.54) is 19.2 Å². The van der Waals surface area contributed by atoms with Gasteiger partial charge in [0.1, 0.15) is 16.7 Å². The minimum Gasteiger partial charge on any atom is -0.495 e. The molecule has 0 aromatic heterocycles. The number of carboxylic acids is 1. The fraction of sp³-hybridized carbons (Fsp3) is 0.417. The topological polar surface area (TPSA) is 104 Å². The Labute approximate surface area is 130 Å². The zero-order valence-corrected chi connectivity index (χ0v) is 13.5. The van der Waals surface area contributed by atoms with Crippen molar-refractivity contribution in [1.82, 2.24) is 4.31 Å². The van der Waals surface area contributed by atoms with E-state index in [-0.39, 0.29) is 23.6 Å². The Morgan fingerprint density at radius 3 is 2.71 bits per heavy atom. The molecule has 1 aliphatic rings. The van der Waals surface area contributed by atoms with Gasteiger partial charge in [-0.25, -0.2) is 8.42 Å². The summed E-state index contributed by atoms with van der Waals surface area (Å²) in [6.45, 7) is -0.255. The maximum atomic E-state index is 12.7. The number of aliphatic hydroxyl groups is 1. The highest BCUT2D eigenvalue weighted by Gasteiger charge is 2.44. The van der Waals surface area contributed by atoms with Crippen LogP contribution in [-0.2, 0) is 14.8 Å². The standard InChI is InChI=1S/C12H14BrNO6S/c1-20-10-3-2-7(13)4-11(10)21(18,19)14-6-8(15)5-9(14)12(16)17/h2-4,8-9,15H,5-6H2,1H3,(H,16,17)/t8?,9-/m0/s1. The van der Waals surface area contributed by atoms with E-state index in [1.807, 2.05) is 0 Å². The molecule has 1 saturated heterocycles. The highest BCUT2D eigenvalue weighted by atomic mass is 79.9. The summed E-state index contributed by atoms with van der Waals surface area (Å²) in [5.74, 6) is -1.17. The van der Waals surface area contributed by atoms with Gasteiger partial charge < -0.3 is 14.9 Å². The Morgan fingerprint density at radius 2 is 2.14 bits per heavy atom. The highest BCUT2D eigenvalue weighted by Crippen LogP contribution is 2.33. The van der Waals surface area contributed by atoms with E-state index in [1.54, 1.807) is 6.07 Å². The Bertz CT molecular complexity index is 662. The first-order valence-corrected chi connectivity index (χ1v) is 8.27. The van der Waals surface area contributed by atoms with Crippen molar-refractivity contribution >= 4 is 31.9 Å². The van der Waals surface area contributed by atoms with Gasteiger partial charge in [0, 0.05) is 17.4 Å². The fourth-order valence-electron chi connectivity index (χ4n) is 2.25. The second kappa shape index (κ2) is 5.91. The van der Waals surface area contributed by atoms with Crippen LogP contribution in [0.5, 0.6) is 5.75 Å². The zero-order valence-electron chi connectivity index (χ0n) is 11.1. The van der Waals surface area contributed by atoms with Crippen molar-refractivity contribution in [1.29, 1.82) is 0 Å². The molecule has 0 radical (unpaired) electrons. The van der Waals surface area contributed by atoms with Gasteiger partial charge in [-0.1, -0.05) is 15.9 Å². The molecule has 2 atom stereocenters. The van der Waals surface area contributed by atoms with Crippen molar-refractivity contribution in [3.8, 4) is 5.75 Å². The monoisotopic (exact) mass is 379 g/mol. The Morgan fingerprint density at radius 1 is 1.48 bits per heavy atom. The number of hydrogen-bond acceptors (Lipinski definition) is 5. The lowest BCUT2D eigenvalue weighted by molar-refractivity contribution is -0.140. The number of methoxy groups -OCH3 is 1. The molecular weight excluding hydrogens is 366 g/mol. The van der Waals surface area contributed by atoms with Gasteiger partial charge >= 0.3 is 5.97 Å². The lowest BCUT2D eigenvalue weighted by Crippen LogP contribution is -2.40. The average molecular weight is 380 g/mol. The smallest absolute Gasteiger partial charge is 0.322 e. The van der Waals surface area contributed by atoms with E-state index < -0.39 is 28.1 Å². The number of nitrogens with zero attached hydrogens (tertiary/aromatic N) is 1. The molecule has 9 heteroatoms. The summed E-state index contributed by atoms with van der Waals surface area (Å²) in [4.78, 5) is 11.1. The molecule has 0 spiro atoms. The number of halogens is 1. The molecule has 2 rings (SSSR count). The van der Waals surface area contributed by atoms with Gasteiger partial charge in [0.25, 0.3) is 0 Å². The number of hydrogen-bond donors (Lipinski definition) is 2. The molecule has 2 N–H and O–H groups in total. The minimum absolute atomic E-state index is 0.115. The third kappa shape index (κ3) is 3.05. The molecule has 21 heavy (non-hydrogen) atoms. The molecule has 1 aromatic carbocycles. The Hall–Kier alpha value is -1.16. The van der Waals surface area contributed by atoms with Crippen molar-refractivity contribution in [3.63, 3.8) is 0 Å². The third-order valence-electron chi connectivity index (χ3n) is 3.23. The molecule has 0 amide bonds. The van der Waals surface area contributed by atoms with Crippen LogP contribution in [0.4, 0.5) is 0 Å². The summed E-state index contributed by atoms with van der Waals surface area (Å²) in [6.07, 6.45) is -1.13. The number of rotatable bonds is 4. The van der Waals surface area contributed by atoms with Gasteiger partial charge in [0.2, 0.25) is 10.0 Å². The second-order valence-corrected chi connectivity index (χ2v) is 7.39. The van der Waals surface area contributed by atoms with E-state index in [0.717, 1.165) is 4.31 Å². The molecule has 0 bridgehead atoms. The summed E-state index contributed by atoms with van der Waals surface area (Å²) in [7, 11) is -2.76. The lowest BCUT2D eigenvalue weighted by Gasteiger charge is -2.22. The van der Waals surface area contributed by atoms with Crippen molar-refractivity contribution in [2.24, 2.45) is 0 Å². The van der Waals surface area contributed by atoms with E-state index >= 15 is 0 Å². The molecule has 1 aromatic rings. The molecule has 1 unspecified atom stereocenters. The molecule has 116 valence electrons. The fourth-order valence-corrected chi connectivity index (χ4v) is 4.58. The summed E-state index contributed by atoms with van der Waals surface area (Å²) in [6, 6.07) is 3.15. The van der Waals surface area contributed by atoms with Crippen LogP contribution in [0.1, 0.15) is 6.42 Å². The van der Waals surface area contributed by atoms with Gasteiger partial charge in [0.15, 0.2) is 0 Å². The third-order valence-corrected chi connectivity index (χ3v) is 5.62. The van der Waals surface area contributed by atoms with Crippen molar-refractivity contribution in [2.75, 3.05) is 13.7 Å². The number of ether oxygens (including phenoxy) is 1. The zero-order chi connectivity index (χ0) is 15.8. The number of carbonyl (C=O) groups is 1. The van der Waals surface area contributed by atoms with E-state index in [0.29, 0.717) is 4.47 Å². The van der Waals surface area contributed by atoms with Crippen LogP contribution in [0.15, 0.2) is 27.6 Å². The van der Waals surface area contributed by atoms with Gasteiger partial charge in [-0.3, -0.25) is 4.79 Å². The number of benzene rings is 1. The van der Waals surface area contributed by atoms with Gasteiger partial charge in [-0.05, 0) is 18.2 Å². The molecule has 0 aliphatic carbocycles. The van der Waals surface area contributed by atoms with Crippen LogP contribution in [0, 0.1) is 0 Å². The first kappa shape index (κ1) is 16.2. The van der Waals surface area contributed by atoms with Crippen molar-refractivity contribution in [2.45, 2.75) is 23.5 Å². The maximum absolute atomic E-state index is 12.7. The van der Waals surface area contributed by atoms with Crippen molar-refractivity contribution in [3.05, 3.63) is 22.7 Å². The lowest BCUT2D eigenvalue weighted by atomic mass is 10.2. The molecule has 1 fully saturated rings. The quantitative estimate of drug-likeness (QED) is 0.796. The molecule has 1 aliphatic heterocycles. The number of carboxylic acid groups (broad SMARTS) is 1. The number of aliphatic carboxylic acids is 1. The summed E-state index contributed by atoms with van der Waals surface area (Å²) >= 11 is 3.18. The SMILES string of the molecule is COc1ccc(Br)cc1S(=O)(=O)N1CC(O)C[C@H]1C(=O)O. The summed E-state index contributed by atoms with van der Waals surface area (Å²) < 4.78 is 31.7. The number of sulfonamides is 1. The van der Waals surface area contributed by atoms with Crippen LogP contribution in [0.3, 0.4) is 0 Å². The highest BCUT2D eigenvalue weighted by molar-refractivity contribution is 9.10. The van der Waals surface area contributed by atoms with Crippen LogP contribution in [-0.4, -0.2) is 54.7 Å². The average Bonchev–Trinajstić information content (AvgIpc) is 2.82. The molecular formula is C12H14BrNO6S. The van der Waals surface area contributed by atoms with Gasteiger partial charge in [0.05, 0.1) is 13.2 Å². The first-order chi connectivity index (χ1) is 9.77. The molecule has 7 nitrogen and oxygen atoms in total. The number of aliphatic hydroxyl groups excluding tert-OH is 1. The van der Waals surface area contributed by atoms with Crippen molar-refractivity contribution < 1.29 is 28.2 Å². The van der Waals surface area contributed by atoms with Gasteiger partial charge in [-0.2, -0.15) is 4.31 Å². The number of β-amino-alcohol motifs (C(OH)–C–C–N with tert-alkyl or cyclic N) is 1. The summed E-state index contributed by atoms with van der Waals surface area (Å²) in [5.41, 5.74) is 0. The normalized spacial score (nSPS) is 23.2. The van der Waals surface area contributed by atoms with E-state index in [4.69, 9.17) is 9.84 Å². The van der Waals surface area contributed by atoms with Crippen LogP contribution < -0.4 is 4.74 Å². The Balaban J connectivity index is 2.51. The van der Waals surface area contributed by atoms with Crippen LogP contribution in [0.2, 0.25) is 0 Å². The largest absolute Gasteiger partial charge is 0.495 e. The predicted octanol–water partition coefficient (Wildman–Crippen LogP) is 0.666. The minimum atomic E-state index is -4.09. The molecule has 0 saturated carbocycles. The predicted molar refractivity (Wildman–Crippen MR) is 76.6 cm³/mol. The molecule has 1 heterocycles. The van der Waals surface area contributed by atoms with Crippen LogP contribution in [0.25, 0.3) is 0 Å².